The molecule has 0 saturated heterocycles. The normalized spacial score (nSPS) is 10.4. The van der Waals surface area contributed by atoms with Crippen LogP contribution in [0.5, 0.6) is 5.75 Å². The third-order valence-electron chi connectivity index (χ3n) is 2.53. The van der Waals surface area contributed by atoms with Gasteiger partial charge in [0.15, 0.2) is 0 Å². The maximum absolute atomic E-state index is 11.1. The molecule has 0 radical (unpaired) electrons. The second kappa shape index (κ2) is 6.40. The Labute approximate surface area is 112 Å². The number of rotatable bonds is 3. The molecule has 2 aromatic rings. The van der Waals surface area contributed by atoms with Crippen molar-refractivity contribution in [3.63, 3.8) is 0 Å². The average molecular weight is 254 g/mol. The van der Waals surface area contributed by atoms with Gasteiger partial charge in [-0.3, -0.25) is 0 Å². The van der Waals surface area contributed by atoms with Crippen LogP contribution >= 0.6 is 0 Å². The van der Waals surface area contributed by atoms with Crippen LogP contribution in [0.4, 0.5) is 4.79 Å². The fourth-order valence-corrected chi connectivity index (χ4v) is 1.59. The molecule has 0 N–H and O–H groups in total. The van der Waals surface area contributed by atoms with Crippen molar-refractivity contribution in [2.75, 3.05) is 7.11 Å². The fraction of sp³-hybridized carbons (Fsp3) is 0.0625. The molecule has 0 aliphatic carbocycles. The maximum atomic E-state index is 11.1. The van der Waals surface area contributed by atoms with Crippen LogP contribution in [-0.4, -0.2) is 13.3 Å². The number of carbonyl (C=O) groups is 1. The summed E-state index contributed by atoms with van der Waals surface area (Å²) in [5, 5.41) is 0. The summed E-state index contributed by atoms with van der Waals surface area (Å²) in [5.41, 5.74) is 1.90. The highest BCUT2D eigenvalue weighted by molar-refractivity contribution is 5.74. The van der Waals surface area contributed by atoms with Crippen LogP contribution < -0.4 is 4.74 Å². The van der Waals surface area contributed by atoms with Gasteiger partial charge in [0.05, 0.1) is 7.11 Å². The first-order valence-corrected chi connectivity index (χ1v) is 5.87. The Morgan fingerprint density at radius 3 is 2.37 bits per heavy atom. The highest BCUT2D eigenvalue weighted by atomic mass is 16.7. The van der Waals surface area contributed by atoms with Crippen molar-refractivity contribution < 1.29 is 14.3 Å². The van der Waals surface area contributed by atoms with E-state index in [0.717, 1.165) is 11.1 Å². The summed E-state index contributed by atoms with van der Waals surface area (Å²) in [6, 6.07) is 17.2. The molecule has 2 aromatic carbocycles. The Morgan fingerprint density at radius 2 is 1.63 bits per heavy atom. The lowest BCUT2D eigenvalue weighted by molar-refractivity contribution is 0.121. The van der Waals surface area contributed by atoms with Gasteiger partial charge < -0.3 is 9.47 Å². The van der Waals surface area contributed by atoms with Gasteiger partial charge >= 0.3 is 6.16 Å². The summed E-state index contributed by atoms with van der Waals surface area (Å²) in [4.78, 5) is 11.1. The van der Waals surface area contributed by atoms with E-state index in [1.165, 1.54) is 7.11 Å². The molecule has 96 valence electrons. The van der Waals surface area contributed by atoms with Crippen LogP contribution in [0, 0.1) is 0 Å². The van der Waals surface area contributed by atoms with Crippen molar-refractivity contribution >= 4 is 18.3 Å². The molecular formula is C16H14O3. The summed E-state index contributed by atoms with van der Waals surface area (Å²) in [5.74, 6) is 0.474. The summed E-state index contributed by atoms with van der Waals surface area (Å²) in [6.07, 6.45) is 3.13. The first-order chi connectivity index (χ1) is 9.29. The van der Waals surface area contributed by atoms with E-state index in [9.17, 15) is 4.79 Å². The molecule has 0 amide bonds. The fourth-order valence-electron chi connectivity index (χ4n) is 1.59. The Balaban J connectivity index is 2.20. The van der Waals surface area contributed by atoms with Crippen LogP contribution in [0.15, 0.2) is 54.6 Å². The number of ether oxygens (including phenoxy) is 2. The molecular weight excluding hydrogens is 240 g/mol. The van der Waals surface area contributed by atoms with Gasteiger partial charge in [0, 0.05) is 5.56 Å². The van der Waals surface area contributed by atoms with Crippen molar-refractivity contribution in [2.24, 2.45) is 0 Å². The molecule has 0 fully saturated rings. The summed E-state index contributed by atoms with van der Waals surface area (Å²) < 4.78 is 9.56. The van der Waals surface area contributed by atoms with Gasteiger partial charge in [0.25, 0.3) is 0 Å². The molecule has 0 aliphatic heterocycles. The van der Waals surface area contributed by atoms with E-state index < -0.39 is 6.16 Å². The predicted octanol–water partition coefficient (Wildman–Crippen LogP) is 4.00. The highest BCUT2D eigenvalue weighted by Crippen LogP contribution is 2.21. The van der Waals surface area contributed by atoms with Crippen molar-refractivity contribution in [1.82, 2.24) is 0 Å². The van der Waals surface area contributed by atoms with Crippen molar-refractivity contribution in [2.45, 2.75) is 0 Å². The second-order valence-corrected chi connectivity index (χ2v) is 3.84. The van der Waals surface area contributed by atoms with E-state index in [0.29, 0.717) is 5.75 Å². The van der Waals surface area contributed by atoms with Gasteiger partial charge in [0.2, 0.25) is 0 Å². The molecule has 0 spiro atoms. The van der Waals surface area contributed by atoms with Gasteiger partial charge in [-0.15, -0.1) is 0 Å². The minimum atomic E-state index is -0.722. The van der Waals surface area contributed by atoms with E-state index in [2.05, 4.69) is 4.74 Å². The van der Waals surface area contributed by atoms with Gasteiger partial charge in [-0.1, -0.05) is 60.7 Å². The average Bonchev–Trinajstić information content (AvgIpc) is 2.47. The molecule has 2 rings (SSSR count). The molecule has 0 saturated carbocycles. The minimum absolute atomic E-state index is 0.474. The zero-order valence-electron chi connectivity index (χ0n) is 10.6. The van der Waals surface area contributed by atoms with E-state index in [4.69, 9.17) is 4.74 Å². The van der Waals surface area contributed by atoms with Crippen LogP contribution in [-0.2, 0) is 4.74 Å². The minimum Gasteiger partial charge on any atom is -0.437 e. The van der Waals surface area contributed by atoms with E-state index in [-0.39, 0.29) is 0 Å². The van der Waals surface area contributed by atoms with Crippen molar-refractivity contribution in [1.29, 1.82) is 0 Å². The van der Waals surface area contributed by atoms with Crippen LogP contribution in [0.3, 0.4) is 0 Å². The number of hydrogen-bond donors (Lipinski definition) is 0. The van der Waals surface area contributed by atoms with Gasteiger partial charge in [0.1, 0.15) is 5.75 Å². The van der Waals surface area contributed by atoms with Gasteiger partial charge in [-0.05, 0) is 11.6 Å². The van der Waals surface area contributed by atoms with Crippen LogP contribution in [0.2, 0.25) is 0 Å². The summed E-state index contributed by atoms with van der Waals surface area (Å²) in [6.45, 7) is 0. The molecule has 3 heteroatoms. The first-order valence-electron chi connectivity index (χ1n) is 5.87. The lowest BCUT2D eigenvalue weighted by Crippen LogP contribution is -2.07. The Morgan fingerprint density at radius 1 is 0.947 bits per heavy atom. The largest absolute Gasteiger partial charge is 0.513 e. The molecule has 0 unspecified atom stereocenters. The molecule has 0 heterocycles. The van der Waals surface area contributed by atoms with E-state index in [1.807, 2.05) is 54.6 Å². The Bertz CT molecular complexity index is 574. The third-order valence-corrected chi connectivity index (χ3v) is 2.53. The lowest BCUT2D eigenvalue weighted by Gasteiger charge is -2.05. The molecule has 0 atom stereocenters. The number of carbonyl (C=O) groups excluding carboxylic acids is 1. The maximum Gasteiger partial charge on any atom is 0.513 e. The number of para-hydroxylation sites is 1. The molecule has 0 aromatic heterocycles. The SMILES string of the molecule is COC(=O)Oc1ccccc1C=Cc1ccccc1. The highest BCUT2D eigenvalue weighted by Gasteiger charge is 2.06. The molecule has 19 heavy (non-hydrogen) atoms. The third kappa shape index (κ3) is 3.71. The Kier molecular flexibility index (Phi) is 4.34. The first kappa shape index (κ1) is 12.9. The van der Waals surface area contributed by atoms with Gasteiger partial charge in [-0.2, -0.15) is 0 Å². The number of benzene rings is 2. The zero-order chi connectivity index (χ0) is 13.5. The smallest absolute Gasteiger partial charge is 0.437 e. The predicted molar refractivity (Wildman–Crippen MR) is 74.8 cm³/mol. The number of methoxy groups -OCH3 is 1. The molecule has 3 nitrogen and oxygen atoms in total. The second-order valence-electron chi connectivity index (χ2n) is 3.84. The zero-order valence-corrected chi connectivity index (χ0v) is 10.6. The quantitative estimate of drug-likeness (QED) is 0.472. The number of hydrogen-bond acceptors (Lipinski definition) is 3. The van der Waals surface area contributed by atoms with Crippen LogP contribution in [0.1, 0.15) is 11.1 Å². The van der Waals surface area contributed by atoms with Crippen molar-refractivity contribution in [3.8, 4) is 5.75 Å². The molecule has 0 aliphatic rings. The van der Waals surface area contributed by atoms with Crippen LogP contribution in [0.25, 0.3) is 12.2 Å². The monoisotopic (exact) mass is 254 g/mol. The van der Waals surface area contributed by atoms with E-state index >= 15 is 0 Å². The van der Waals surface area contributed by atoms with Gasteiger partial charge in [-0.25, -0.2) is 4.79 Å². The standard InChI is InChI=1S/C16H14O3/c1-18-16(17)19-15-10-6-5-9-14(15)12-11-13-7-3-2-4-8-13/h2-12H,1H3. The summed E-state index contributed by atoms with van der Waals surface area (Å²) >= 11 is 0. The summed E-state index contributed by atoms with van der Waals surface area (Å²) in [7, 11) is 1.28. The Hall–Kier alpha value is -2.55. The lowest BCUT2D eigenvalue weighted by atomic mass is 10.1. The van der Waals surface area contributed by atoms with E-state index in [1.54, 1.807) is 12.1 Å². The van der Waals surface area contributed by atoms with Crippen molar-refractivity contribution in [3.05, 3.63) is 65.7 Å². The topological polar surface area (TPSA) is 35.5 Å². The molecule has 0 bridgehead atoms.